The van der Waals surface area contributed by atoms with Crippen molar-refractivity contribution in [2.24, 2.45) is 5.73 Å². The third-order valence-electron chi connectivity index (χ3n) is 6.28. The maximum absolute atomic E-state index is 12.0. The SMILES string of the molecule is N#CCNC1CCCN(C(=O)OCc2ccccc2)C1.NC1CCCN(C(=O)OCc2ccccc2)C1. The topological polar surface area (TPSA) is 121 Å². The number of nitrogens with one attached hydrogen (secondary N) is 1. The van der Waals surface area contributed by atoms with Crippen LogP contribution in [0.15, 0.2) is 60.7 Å². The van der Waals surface area contributed by atoms with Gasteiger partial charge in [0.25, 0.3) is 0 Å². The van der Waals surface area contributed by atoms with E-state index in [1.54, 1.807) is 9.80 Å². The summed E-state index contributed by atoms with van der Waals surface area (Å²) < 4.78 is 10.6. The van der Waals surface area contributed by atoms with Crippen molar-refractivity contribution in [3.05, 3.63) is 71.8 Å². The molecule has 4 rings (SSSR count). The second kappa shape index (κ2) is 15.5. The first kappa shape index (κ1) is 28.0. The van der Waals surface area contributed by atoms with Crippen molar-refractivity contribution in [3.63, 3.8) is 0 Å². The predicted octanol–water partition coefficient (Wildman–Crippen LogP) is 3.65. The lowest BCUT2D eigenvalue weighted by atomic mass is 10.1. The Hall–Kier alpha value is -3.61. The van der Waals surface area contributed by atoms with E-state index in [0.717, 1.165) is 49.9 Å². The summed E-state index contributed by atoms with van der Waals surface area (Å²) in [5, 5.41) is 11.7. The number of ether oxygens (including phenoxy) is 2. The molecule has 2 amide bonds. The lowest BCUT2D eigenvalue weighted by Gasteiger charge is -2.32. The molecule has 37 heavy (non-hydrogen) atoms. The predicted molar refractivity (Wildman–Crippen MR) is 140 cm³/mol. The van der Waals surface area contributed by atoms with E-state index in [4.69, 9.17) is 20.5 Å². The highest BCUT2D eigenvalue weighted by molar-refractivity contribution is 5.68. The van der Waals surface area contributed by atoms with Gasteiger partial charge in [-0.15, -0.1) is 0 Å². The van der Waals surface area contributed by atoms with Gasteiger partial charge in [0.1, 0.15) is 13.2 Å². The summed E-state index contributed by atoms with van der Waals surface area (Å²) in [7, 11) is 0. The van der Waals surface area contributed by atoms with Crippen LogP contribution >= 0.6 is 0 Å². The largest absolute Gasteiger partial charge is 0.445 e. The van der Waals surface area contributed by atoms with Crippen LogP contribution in [0.25, 0.3) is 0 Å². The Labute approximate surface area is 219 Å². The molecule has 2 heterocycles. The Kier molecular flexibility index (Phi) is 11.7. The Morgan fingerprint density at radius 1 is 0.865 bits per heavy atom. The average Bonchev–Trinajstić information content (AvgIpc) is 2.95. The smallest absolute Gasteiger partial charge is 0.410 e. The fraction of sp³-hybridized carbons (Fsp3) is 0.464. The van der Waals surface area contributed by atoms with Gasteiger partial charge in [-0.05, 0) is 36.8 Å². The first-order valence-corrected chi connectivity index (χ1v) is 12.8. The van der Waals surface area contributed by atoms with Crippen molar-refractivity contribution < 1.29 is 19.1 Å². The monoisotopic (exact) mass is 507 g/mol. The zero-order valence-corrected chi connectivity index (χ0v) is 21.3. The van der Waals surface area contributed by atoms with Gasteiger partial charge in [0.15, 0.2) is 0 Å². The van der Waals surface area contributed by atoms with Crippen LogP contribution in [0.4, 0.5) is 9.59 Å². The highest BCUT2D eigenvalue weighted by atomic mass is 16.6. The number of nitrogens with zero attached hydrogens (tertiary/aromatic N) is 3. The molecule has 0 aromatic heterocycles. The van der Waals surface area contributed by atoms with E-state index in [1.165, 1.54) is 0 Å². The lowest BCUT2D eigenvalue weighted by molar-refractivity contribution is 0.0836. The zero-order chi connectivity index (χ0) is 26.3. The molecule has 0 bridgehead atoms. The lowest BCUT2D eigenvalue weighted by Crippen LogP contribution is -2.48. The molecule has 0 spiro atoms. The summed E-state index contributed by atoms with van der Waals surface area (Å²) in [6.45, 7) is 3.62. The number of benzene rings is 2. The fourth-order valence-electron chi connectivity index (χ4n) is 4.30. The Morgan fingerprint density at radius 2 is 1.38 bits per heavy atom. The van der Waals surface area contributed by atoms with Crippen LogP contribution in [0.3, 0.4) is 0 Å². The molecule has 0 aliphatic carbocycles. The van der Waals surface area contributed by atoms with Crippen molar-refractivity contribution in [2.45, 2.75) is 51.0 Å². The highest BCUT2D eigenvalue weighted by Crippen LogP contribution is 2.13. The number of hydrogen-bond acceptors (Lipinski definition) is 7. The fourth-order valence-corrected chi connectivity index (χ4v) is 4.30. The molecule has 198 valence electrons. The van der Waals surface area contributed by atoms with Crippen molar-refractivity contribution in [1.29, 1.82) is 5.26 Å². The van der Waals surface area contributed by atoms with E-state index in [1.807, 2.05) is 60.7 Å². The van der Waals surface area contributed by atoms with E-state index in [-0.39, 0.29) is 24.3 Å². The second-order valence-electron chi connectivity index (χ2n) is 9.25. The van der Waals surface area contributed by atoms with Gasteiger partial charge in [0.05, 0.1) is 12.6 Å². The number of rotatable bonds is 6. The summed E-state index contributed by atoms with van der Waals surface area (Å²) in [6, 6.07) is 21.7. The normalized spacial score (nSPS) is 19.1. The average molecular weight is 508 g/mol. The third-order valence-corrected chi connectivity index (χ3v) is 6.28. The molecule has 9 heteroatoms. The van der Waals surface area contributed by atoms with Crippen molar-refractivity contribution >= 4 is 12.2 Å². The van der Waals surface area contributed by atoms with Gasteiger partial charge in [-0.25, -0.2) is 9.59 Å². The maximum atomic E-state index is 12.0. The molecule has 2 aromatic carbocycles. The molecular weight excluding hydrogens is 470 g/mol. The highest BCUT2D eigenvalue weighted by Gasteiger charge is 2.24. The summed E-state index contributed by atoms with van der Waals surface area (Å²) in [6.07, 6.45) is 3.33. The Morgan fingerprint density at radius 3 is 1.89 bits per heavy atom. The van der Waals surface area contributed by atoms with Gasteiger partial charge in [0.2, 0.25) is 0 Å². The molecule has 2 unspecified atom stereocenters. The molecule has 0 radical (unpaired) electrons. The van der Waals surface area contributed by atoms with E-state index in [2.05, 4.69) is 11.4 Å². The molecule has 2 atom stereocenters. The van der Waals surface area contributed by atoms with Crippen LogP contribution in [-0.2, 0) is 22.7 Å². The molecule has 2 aromatic rings. The maximum Gasteiger partial charge on any atom is 0.410 e. The van der Waals surface area contributed by atoms with Crippen LogP contribution in [0, 0.1) is 11.3 Å². The number of nitriles is 1. The zero-order valence-electron chi connectivity index (χ0n) is 21.3. The second-order valence-corrected chi connectivity index (χ2v) is 9.25. The van der Waals surface area contributed by atoms with Gasteiger partial charge >= 0.3 is 12.2 Å². The van der Waals surface area contributed by atoms with E-state index < -0.39 is 0 Å². The summed E-state index contributed by atoms with van der Waals surface area (Å²) in [5.74, 6) is 0. The molecule has 2 saturated heterocycles. The standard InChI is InChI=1S/C15H19N3O2.C13H18N2O2/c16-8-9-17-14-7-4-10-18(11-14)15(19)20-12-13-5-2-1-3-6-13;14-12-7-4-8-15(9-12)13(16)17-10-11-5-2-1-3-6-11/h1-3,5-6,14,17H,4,7,9-12H2;1-3,5-6,12H,4,7-10,14H2. The molecular formula is C28H37N5O4. The minimum atomic E-state index is -0.280. The third kappa shape index (κ3) is 10.1. The number of piperidine rings is 2. The van der Waals surface area contributed by atoms with Crippen LogP contribution in [0.1, 0.15) is 36.8 Å². The molecule has 2 aliphatic heterocycles. The van der Waals surface area contributed by atoms with Crippen LogP contribution < -0.4 is 11.1 Å². The molecule has 3 N–H and O–H groups in total. The van der Waals surface area contributed by atoms with Crippen LogP contribution in [-0.4, -0.2) is 66.8 Å². The summed E-state index contributed by atoms with van der Waals surface area (Å²) in [4.78, 5) is 27.2. The van der Waals surface area contributed by atoms with Gasteiger partial charge in [0, 0.05) is 38.3 Å². The van der Waals surface area contributed by atoms with Crippen LogP contribution in [0.2, 0.25) is 0 Å². The van der Waals surface area contributed by atoms with Gasteiger partial charge in [-0.2, -0.15) is 5.26 Å². The van der Waals surface area contributed by atoms with Gasteiger partial charge in [-0.3, -0.25) is 5.32 Å². The van der Waals surface area contributed by atoms with Gasteiger partial charge < -0.3 is 25.0 Å². The molecule has 2 fully saturated rings. The summed E-state index contributed by atoms with van der Waals surface area (Å²) in [5.41, 5.74) is 7.81. The minimum absolute atomic E-state index is 0.0908. The minimum Gasteiger partial charge on any atom is -0.445 e. The number of carbonyl (C=O) groups excluding carboxylic acids is 2. The van der Waals surface area contributed by atoms with E-state index in [0.29, 0.717) is 32.8 Å². The Bertz CT molecular complexity index is 999. The Balaban J connectivity index is 0.000000208. The number of nitrogens with two attached hydrogens (primary N) is 1. The number of hydrogen-bond donors (Lipinski definition) is 2. The molecule has 9 nitrogen and oxygen atoms in total. The first-order chi connectivity index (χ1) is 18.0. The van der Waals surface area contributed by atoms with E-state index in [9.17, 15) is 9.59 Å². The van der Waals surface area contributed by atoms with Gasteiger partial charge in [-0.1, -0.05) is 60.7 Å². The molecule has 2 aliphatic rings. The summed E-state index contributed by atoms with van der Waals surface area (Å²) >= 11 is 0. The van der Waals surface area contributed by atoms with Crippen molar-refractivity contribution in [2.75, 3.05) is 32.7 Å². The quantitative estimate of drug-likeness (QED) is 0.573. The van der Waals surface area contributed by atoms with Crippen LogP contribution in [0.5, 0.6) is 0 Å². The molecule has 0 saturated carbocycles. The van der Waals surface area contributed by atoms with Crippen molar-refractivity contribution in [3.8, 4) is 6.07 Å². The van der Waals surface area contributed by atoms with E-state index >= 15 is 0 Å². The number of carbonyl (C=O) groups is 2. The number of likely N-dealkylation sites (tertiary alicyclic amines) is 2. The van der Waals surface area contributed by atoms with Crippen molar-refractivity contribution in [1.82, 2.24) is 15.1 Å². The number of amides is 2. The first-order valence-electron chi connectivity index (χ1n) is 12.8.